The Morgan fingerprint density at radius 2 is 1.54 bits per heavy atom. The van der Waals surface area contributed by atoms with Crippen molar-refractivity contribution in [2.24, 2.45) is 29.1 Å². The Labute approximate surface area is 324 Å². The van der Waals surface area contributed by atoms with Crippen LogP contribution in [0, 0.1) is 29.1 Å². The normalized spacial score (nSPS) is 27.6. The minimum Gasteiger partial charge on any atom is -0.346 e. The van der Waals surface area contributed by atoms with E-state index < -0.39 is 61.6 Å². The predicted octanol–water partition coefficient (Wildman–Crippen LogP) is 5.26. The largest absolute Gasteiger partial charge is 0.346 e. The first kappa shape index (κ1) is 42.3. The number of amides is 5. The van der Waals surface area contributed by atoms with Crippen molar-refractivity contribution >= 4 is 44.9 Å². The average molecular weight is 772 g/mol. The molecule has 0 bridgehead atoms. The molecule has 5 fully saturated rings. The highest BCUT2D eigenvalue weighted by atomic mass is 32.2. The highest BCUT2D eigenvalue weighted by Gasteiger charge is 2.57. The van der Waals surface area contributed by atoms with E-state index in [-0.39, 0.29) is 47.3 Å². The minimum atomic E-state index is -2.56. The van der Waals surface area contributed by atoms with E-state index >= 15 is 4.79 Å². The van der Waals surface area contributed by atoms with E-state index in [1.807, 2.05) is 20.8 Å². The molecule has 4 aliphatic carbocycles. The number of carbonyl (C=O) groups is 5. The number of rotatable bonds is 14. The van der Waals surface area contributed by atoms with Gasteiger partial charge in [-0.25, -0.2) is 4.79 Å². The highest BCUT2D eigenvalue weighted by molar-refractivity contribution is 8.01. The molecule has 6 atom stereocenters. The fourth-order valence-corrected chi connectivity index (χ4v) is 11.7. The van der Waals surface area contributed by atoms with Crippen LogP contribution in [0.2, 0.25) is 0 Å². The zero-order chi connectivity index (χ0) is 39.5. The lowest BCUT2D eigenvalue weighted by Crippen LogP contribution is -2.63. The number of nitrogens with zero attached hydrogens (tertiary/aromatic N) is 1. The molecule has 0 spiro atoms. The molecule has 3 unspecified atom stereocenters. The van der Waals surface area contributed by atoms with Crippen LogP contribution in [0.15, 0.2) is 12.7 Å². The van der Waals surface area contributed by atoms with E-state index in [9.17, 15) is 23.4 Å². The quantitative estimate of drug-likeness (QED) is 0.107. The first-order valence-corrected chi connectivity index (χ1v) is 22.7. The summed E-state index contributed by atoms with van der Waals surface area (Å²) < 4.78 is 13.4. The molecule has 5 rings (SSSR count). The van der Waals surface area contributed by atoms with Gasteiger partial charge in [-0.15, -0.1) is 6.58 Å². The number of urea groups is 1. The summed E-state index contributed by atoms with van der Waals surface area (Å²) in [4.78, 5) is 71.8. The third kappa shape index (κ3) is 9.55. The number of fused-ring (bicyclic) bond motifs is 1. The molecule has 1 saturated heterocycles. The smallest absolute Gasteiger partial charge is 0.315 e. The van der Waals surface area contributed by atoms with Gasteiger partial charge < -0.3 is 26.2 Å². The molecule has 54 heavy (non-hydrogen) atoms. The minimum absolute atomic E-state index is 0.0721. The molecular formula is C42H69N5O6S. The maximum atomic E-state index is 15.1. The summed E-state index contributed by atoms with van der Waals surface area (Å²) in [6, 6.07) is -3.09. The van der Waals surface area contributed by atoms with Gasteiger partial charge in [0.25, 0.3) is 5.91 Å². The second-order valence-corrected chi connectivity index (χ2v) is 22.2. The Hall–Kier alpha value is -2.89. The molecule has 4 saturated carbocycles. The number of carbonyl (C=O) groups excluding carboxylic acids is 5. The van der Waals surface area contributed by atoms with Gasteiger partial charge in [-0.1, -0.05) is 77.7 Å². The standard InChI is InChI=1S/C42H69N5O6S/c1-8-24-43-37(50)35(48)32(25-28-16-15-17-28)44-36(49)34-30-20-23-41(5,6)31(30)26-47(34)38(51)33(29-18-11-9-12-19-29)45-39(52)46-42(21-13-10-14-22-42)27-54(7,53)40(2,3)4/h8,28-34H,1,7,9-27H2,2-6H3,(H,43,50)(H,44,49)(H2,45,46,52)/t30-,31-,32?,33-,34?,54?/m0/s1. The SMILES string of the molecule is C=CCNC(=O)C(=O)C(CC1CCC1)NC(=O)C1[C@H]2CCC(C)(C)[C@H]2CN1C(=O)[C@@H](NC(=O)NC1(CS(=C)(=O)C(C)(C)C)CCCCC1)C1CCCCC1. The van der Waals surface area contributed by atoms with E-state index in [1.54, 1.807) is 4.90 Å². The van der Waals surface area contributed by atoms with E-state index in [1.165, 1.54) is 6.08 Å². The summed E-state index contributed by atoms with van der Waals surface area (Å²) in [5.41, 5.74) is -0.789. The van der Waals surface area contributed by atoms with Crippen LogP contribution < -0.4 is 21.3 Å². The molecule has 0 radical (unpaired) electrons. The van der Waals surface area contributed by atoms with Crippen molar-refractivity contribution in [1.82, 2.24) is 26.2 Å². The highest BCUT2D eigenvalue weighted by Crippen LogP contribution is 2.53. The Morgan fingerprint density at radius 3 is 2.13 bits per heavy atom. The maximum Gasteiger partial charge on any atom is 0.315 e. The summed E-state index contributed by atoms with van der Waals surface area (Å²) >= 11 is 0. The van der Waals surface area contributed by atoms with Crippen LogP contribution in [0.25, 0.3) is 0 Å². The fourth-order valence-electron chi connectivity index (χ4n) is 9.99. The third-order valence-corrected chi connectivity index (χ3v) is 17.1. The Morgan fingerprint density at radius 1 is 0.889 bits per heavy atom. The van der Waals surface area contributed by atoms with Crippen molar-refractivity contribution in [3.8, 4) is 0 Å². The number of hydrogen-bond acceptors (Lipinski definition) is 6. The Kier molecular flexibility index (Phi) is 13.4. The van der Waals surface area contributed by atoms with Gasteiger partial charge >= 0.3 is 6.03 Å². The number of nitrogens with one attached hydrogen (secondary N) is 4. The Balaban J connectivity index is 1.41. The van der Waals surface area contributed by atoms with Crippen molar-refractivity contribution in [3.63, 3.8) is 0 Å². The maximum absolute atomic E-state index is 15.1. The van der Waals surface area contributed by atoms with Crippen molar-refractivity contribution in [2.45, 2.75) is 166 Å². The molecule has 0 aromatic carbocycles. The first-order valence-electron chi connectivity index (χ1n) is 20.8. The van der Waals surface area contributed by atoms with Gasteiger partial charge in [0, 0.05) is 23.6 Å². The second kappa shape index (κ2) is 17.1. The topological polar surface area (TPSA) is 154 Å². The summed E-state index contributed by atoms with van der Waals surface area (Å²) in [6.07, 6.45) is 15.4. The predicted molar refractivity (Wildman–Crippen MR) is 215 cm³/mol. The van der Waals surface area contributed by atoms with E-state index in [4.69, 9.17) is 0 Å². The van der Waals surface area contributed by atoms with Crippen LogP contribution in [0.5, 0.6) is 0 Å². The van der Waals surface area contributed by atoms with Crippen LogP contribution in [0.1, 0.15) is 137 Å². The van der Waals surface area contributed by atoms with Gasteiger partial charge in [0.05, 0.1) is 11.6 Å². The average Bonchev–Trinajstić information content (AvgIpc) is 3.63. The lowest BCUT2D eigenvalue weighted by atomic mass is 9.79. The molecule has 5 aliphatic rings. The zero-order valence-electron chi connectivity index (χ0n) is 33.8. The van der Waals surface area contributed by atoms with Gasteiger partial charge in [0.15, 0.2) is 0 Å². The van der Waals surface area contributed by atoms with Crippen LogP contribution in [-0.4, -0.2) is 91.8 Å². The van der Waals surface area contributed by atoms with Crippen molar-refractivity contribution in [2.75, 3.05) is 18.8 Å². The number of hydrogen-bond donors (Lipinski definition) is 4. The van der Waals surface area contributed by atoms with Crippen molar-refractivity contribution in [1.29, 1.82) is 0 Å². The second-order valence-electron chi connectivity index (χ2n) is 19.1. The fraction of sp³-hybridized carbons (Fsp3) is 0.810. The summed E-state index contributed by atoms with van der Waals surface area (Å²) in [7, 11) is -2.56. The molecule has 5 amide bonds. The molecule has 0 aromatic rings. The summed E-state index contributed by atoms with van der Waals surface area (Å²) in [5.74, 6) is 2.46. The lowest BCUT2D eigenvalue weighted by Gasteiger charge is -2.42. The van der Waals surface area contributed by atoms with Gasteiger partial charge in [0.2, 0.25) is 17.6 Å². The molecule has 0 aromatic heterocycles. The third-order valence-electron chi connectivity index (χ3n) is 13.9. The van der Waals surface area contributed by atoms with Gasteiger partial charge in [-0.2, -0.15) is 0 Å². The van der Waals surface area contributed by atoms with E-state index in [0.717, 1.165) is 83.5 Å². The lowest BCUT2D eigenvalue weighted by molar-refractivity contribution is -0.144. The van der Waals surface area contributed by atoms with Crippen molar-refractivity contribution in [3.05, 3.63) is 12.7 Å². The molecule has 1 heterocycles. The summed E-state index contributed by atoms with van der Waals surface area (Å²) in [6.45, 7) is 14.3. The zero-order valence-corrected chi connectivity index (χ0v) is 34.6. The monoisotopic (exact) mass is 771 g/mol. The number of ketones is 1. The van der Waals surface area contributed by atoms with Gasteiger partial charge in [0.1, 0.15) is 12.1 Å². The van der Waals surface area contributed by atoms with Crippen LogP contribution in [-0.2, 0) is 28.7 Å². The van der Waals surface area contributed by atoms with Crippen LogP contribution in [0.3, 0.4) is 0 Å². The summed E-state index contributed by atoms with van der Waals surface area (Å²) in [5, 5.41) is 12.0. The van der Waals surface area contributed by atoms with Crippen LogP contribution >= 0.6 is 0 Å². The van der Waals surface area contributed by atoms with Gasteiger partial charge in [-0.05, 0) is 110 Å². The van der Waals surface area contributed by atoms with Crippen molar-refractivity contribution < 1.29 is 28.2 Å². The van der Waals surface area contributed by atoms with E-state index in [2.05, 4.69) is 47.6 Å². The molecular weight excluding hydrogens is 703 g/mol. The molecule has 304 valence electrons. The number of Topliss-reactive ketones (excluding diaryl/α,β-unsaturated/α-hetero) is 1. The Bertz CT molecular complexity index is 1520. The molecule has 1 aliphatic heterocycles. The van der Waals surface area contributed by atoms with E-state index in [0.29, 0.717) is 25.8 Å². The molecule has 11 nitrogen and oxygen atoms in total. The van der Waals surface area contributed by atoms with Gasteiger partial charge in [-0.3, -0.25) is 23.4 Å². The first-order chi connectivity index (χ1) is 25.4. The van der Waals surface area contributed by atoms with Crippen LogP contribution in [0.4, 0.5) is 4.79 Å². The molecule has 4 N–H and O–H groups in total. The molecule has 12 heteroatoms. The number of likely N-dealkylation sites (tertiary alicyclic amines) is 1.